The summed E-state index contributed by atoms with van der Waals surface area (Å²) < 4.78 is 43.6. The van der Waals surface area contributed by atoms with Gasteiger partial charge in [-0.05, 0) is 130 Å². The fourth-order valence-electron chi connectivity index (χ4n) is 7.30. The molecular weight excluding hydrogens is 530 g/mol. The first kappa shape index (κ1) is 32.5. The number of rotatable bonds is 10. The molecule has 0 saturated heterocycles. The van der Waals surface area contributed by atoms with Gasteiger partial charge >= 0.3 is 0 Å². The largest absolute Gasteiger partial charge is 0.491 e. The van der Waals surface area contributed by atoms with Gasteiger partial charge < -0.3 is 14.2 Å². The minimum Gasteiger partial charge on any atom is -0.491 e. The van der Waals surface area contributed by atoms with Gasteiger partial charge in [-0.3, -0.25) is 0 Å². The van der Waals surface area contributed by atoms with E-state index >= 15 is 0 Å². The molecule has 3 aliphatic carbocycles. The predicted molar refractivity (Wildman–Crippen MR) is 167 cm³/mol. The topological polar surface area (TPSA) is 27.7 Å². The van der Waals surface area contributed by atoms with Crippen molar-refractivity contribution in [2.24, 2.45) is 23.7 Å². The first-order chi connectivity index (χ1) is 20.4. The molecule has 5 rings (SSSR count). The van der Waals surface area contributed by atoms with Crippen molar-refractivity contribution in [3.8, 4) is 11.5 Å². The Labute approximate surface area is 253 Å². The number of halogens is 2. The molecule has 0 heterocycles. The predicted octanol–water partition coefficient (Wildman–Crippen LogP) is 10.1. The maximum absolute atomic E-state index is 13.9. The van der Waals surface area contributed by atoms with Crippen LogP contribution in [0.4, 0.5) is 8.78 Å². The molecule has 0 spiro atoms. The molecule has 3 nitrogen and oxygen atoms in total. The molecule has 0 aromatic heterocycles. The number of hydrogen-bond donors (Lipinski definition) is 0. The fourth-order valence-corrected chi connectivity index (χ4v) is 7.30. The fraction of sp³-hybridized carbons (Fsp3) is 0.622. The van der Waals surface area contributed by atoms with E-state index in [-0.39, 0.29) is 11.5 Å². The van der Waals surface area contributed by atoms with E-state index in [4.69, 9.17) is 14.2 Å². The highest BCUT2D eigenvalue weighted by Crippen LogP contribution is 2.46. The number of fused-ring (bicyclic) bond motifs is 1. The Bertz CT molecular complexity index is 1090. The molecule has 0 bridgehead atoms. The van der Waals surface area contributed by atoms with Gasteiger partial charge in [0.2, 0.25) is 11.6 Å². The van der Waals surface area contributed by atoms with Crippen LogP contribution in [-0.2, 0) is 11.2 Å². The summed E-state index contributed by atoms with van der Waals surface area (Å²) in [4.78, 5) is 0. The van der Waals surface area contributed by atoms with Crippen molar-refractivity contribution in [2.75, 3.05) is 20.3 Å². The van der Waals surface area contributed by atoms with Crippen molar-refractivity contribution in [1.29, 1.82) is 0 Å². The van der Waals surface area contributed by atoms with Crippen molar-refractivity contribution in [2.45, 2.75) is 103 Å². The first-order valence-corrected chi connectivity index (χ1v) is 16.4. The Morgan fingerprint density at radius 1 is 0.786 bits per heavy atom. The standard InChI is InChI=1S/C20H30O.C17H22F2O2/c1-3-4-15-5-7-16(8-6-15)17-9-10-19-14-20(21-2)12-11-18(19)13-17;1-3-12-5-7-13(8-6-12)11-21-15-10-9-14(20-4-2)16(18)17(15)19/h5-8,17-20H,3-4,9-14H2,1-2H3;3,9-10,12-13H,1,4-8,11H2,2H3. The number of benzene rings is 2. The number of methoxy groups -OCH3 is 1. The summed E-state index contributed by atoms with van der Waals surface area (Å²) in [5.74, 6) is 1.60. The van der Waals surface area contributed by atoms with E-state index < -0.39 is 11.6 Å². The molecule has 3 fully saturated rings. The summed E-state index contributed by atoms with van der Waals surface area (Å²) in [5.41, 5.74) is 3.08. The molecule has 2 aromatic carbocycles. The Kier molecular flexibility index (Phi) is 12.7. The lowest BCUT2D eigenvalue weighted by atomic mass is 9.65. The maximum Gasteiger partial charge on any atom is 0.204 e. The third-order valence-corrected chi connectivity index (χ3v) is 9.90. The van der Waals surface area contributed by atoms with Gasteiger partial charge in [0, 0.05) is 7.11 Å². The zero-order valence-electron chi connectivity index (χ0n) is 26.1. The lowest BCUT2D eigenvalue weighted by Gasteiger charge is -2.42. The third-order valence-electron chi connectivity index (χ3n) is 9.90. The Morgan fingerprint density at radius 3 is 2.05 bits per heavy atom. The molecule has 232 valence electrons. The average molecular weight is 583 g/mol. The van der Waals surface area contributed by atoms with Gasteiger partial charge in [-0.25, -0.2) is 0 Å². The lowest BCUT2D eigenvalue weighted by molar-refractivity contribution is 0.0123. The quantitative estimate of drug-likeness (QED) is 0.261. The van der Waals surface area contributed by atoms with Gasteiger partial charge in [-0.1, -0.05) is 43.7 Å². The summed E-state index contributed by atoms with van der Waals surface area (Å²) in [6, 6.07) is 12.3. The number of ether oxygens (including phenoxy) is 3. The molecule has 0 N–H and O–H groups in total. The van der Waals surface area contributed by atoms with Crippen LogP contribution in [-0.4, -0.2) is 26.4 Å². The smallest absolute Gasteiger partial charge is 0.204 e. The second-order valence-electron chi connectivity index (χ2n) is 12.6. The van der Waals surface area contributed by atoms with Crippen LogP contribution < -0.4 is 9.47 Å². The monoisotopic (exact) mass is 582 g/mol. The van der Waals surface area contributed by atoms with Crippen molar-refractivity contribution >= 4 is 0 Å². The van der Waals surface area contributed by atoms with Crippen LogP contribution in [0.25, 0.3) is 0 Å². The minimum absolute atomic E-state index is 0.0400. The van der Waals surface area contributed by atoms with Crippen LogP contribution >= 0.6 is 0 Å². The van der Waals surface area contributed by atoms with Gasteiger partial charge in [-0.2, -0.15) is 8.78 Å². The number of allylic oxidation sites excluding steroid dienone is 1. The van der Waals surface area contributed by atoms with E-state index in [1.165, 1.54) is 69.1 Å². The van der Waals surface area contributed by atoms with Crippen molar-refractivity contribution < 1.29 is 23.0 Å². The van der Waals surface area contributed by atoms with E-state index in [0.29, 0.717) is 31.2 Å². The summed E-state index contributed by atoms with van der Waals surface area (Å²) in [7, 11) is 1.88. The van der Waals surface area contributed by atoms with Gasteiger partial charge in [0.05, 0.1) is 19.3 Å². The molecule has 0 aliphatic heterocycles. The SMILES string of the molecule is C=CC1CCC(COc2ccc(OCC)c(F)c2F)CC1.CCCc1ccc(C2CCC3CC(OC)CCC3C2)cc1. The van der Waals surface area contributed by atoms with E-state index in [0.717, 1.165) is 43.4 Å². The Morgan fingerprint density at radius 2 is 1.43 bits per heavy atom. The highest BCUT2D eigenvalue weighted by molar-refractivity contribution is 5.35. The third kappa shape index (κ3) is 8.81. The number of aryl methyl sites for hydroxylation is 1. The van der Waals surface area contributed by atoms with Crippen LogP contribution in [0.5, 0.6) is 11.5 Å². The highest BCUT2D eigenvalue weighted by Gasteiger charge is 2.36. The maximum atomic E-state index is 13.9. The summed E-state index contributed by atoms with van der Waals surface area (Å²) in [5, 5.41) is 0. The average Bonchev–Trinajstić information content (AvgIpc) is 3.03. The first-order valence-electron chi connectivity index (χ1n) is 16.4. The van der Waals surface area contributed by atoms with Gasteiger partial charge in [-0.15, -0.1) is 6.58 Å². The highest BCUT2D eigenvalue weighted by atomic mass is 19.2. The molecule has 4 atom stereocenters. The van der Waals surface area contributed by atoms with Crippen LogP contribution in [0.1, 0.15) is 102 Å². The normalized spacial score (nSPS) is 27.3. The van der Waals surface area contributed by atoms with Crippen molar-refractivity contribution in [3.05, 3.63) is 71.8 Å². The Balaban J connectivity index is 0.000000193. The zero-order valence-corrected chi connectivity index (χ0v) is 26.1. The van der Waals surface area contributed by atoms with Gasteiger partial charge in [0.15, 0.2) is 11.5 Å². The molecule has 4 unspecified atom stereocenters. The molecular formula is C37H52F2O3. The van der Waals surface area contributed by atoms with E-state index in [1.54, 1.807) is 12.5 Å². The van der Waals surface area contributed by atoms with E-state index in [2.05, 4.69) is 37.8 Å². The zero-order chi connectivity index (χ0) is 29.9. The van der Waals surface area contributed by atoms with E-state index in [1.807, 2.05) is 13.2 Å². The van der Waals surface area contributed by atoms with Crippen molar-refractivity contribution in [1.82, 2.24) is 0 Å². The molecule has 0 amide bonds. The lowest BCUT2D eigenvalue weighted by Crippen LogP contribution is -2.33. The van der Waals surface area contributed by atoms with Crippen molar-refractivity contribution in [3.63, 3.8) is 0 Å². The molecule has 3 saturated carbocycles. The Hall–Kier alpha value is -2.40. The minimum atomic E-state index is -0.982. The van der Waals surface area contributed by atoms with Crippen LogP contribution in [0.2, 0.25) is 0 Å². The van der Waals surface area contributed by atoms with E-state index in [9.17, 15) is 8.78 Å². The second kappa shape index (κ2) is 16.4. The molecule has 42 heavy (non-hydrogen) atoms. The summed E-state index contributed by atoms with van der Waals surface area (Å²) in [6.45, 7) is 8.51. The molecule has 0 radical (unpaired) electrons. The number of hydrogen-bond acceptors (Lipinski definition) is 3. The van der Waals surface area contributed by atoms with Crippen LogP contribution in [0.3, 0.4) is 0 Å². The summed E-state index contributed by atoms with van der Waals surface area (Å²) >= 11 is 0. The van der Waals surface area contributed by atoms with Gasteiger partial charge in [0.1, 0.15) is 0 Å². The molecule has 5 heteroatoms. The summed E-state index contributed by atoms with van der Waals surface area (Å²) in [6.07, 6.45) is 17.4. The van der Waals surface area contributed by atoms with Crippen LogP contribution in [0, 0.1) is 35.3 Å². The van der Waals surface area contributed by atoms with Crippen LogP contribution in [0.15, 0.2) is 49.1 Å². The molecule has 2 aromatic rings. The molecule has 3 aliphatic rings. The van der Waals surface area contributed by atoms with Gasteiger partial charge in [0.25, 0.3) is 0 Å². The second-order valence-corrected chi connectivity index (χ2v) is 12.6.